The molecule has 1 aromatic heterocycles. The molecule has 168 valence electrons. The molecule has 0 saturated carbocycles. The molecule has 0 bridgehead atoms. The molecule has 3 heterocycles. The van der Waals surface area contributed by atoms with Crippen molar-refractivity contribution in [3.8, 4) is 22.8 Å². The van der Waals surface area contributed by atoms with Crippen molar-refractivity contribution < 1.29 is 27.0 Å². The summed E-state index contributed by atoms with van der Waals surface area (Å²) in [5.74, 6) is 0.0876. The molecule has 5 nitrogen and oxygen atoms in total. The minimum Gasteiger partial charge on any atom is -0.482 e. The van der Waals surface area contributed by atoms with E-state index in [0.717, 1.165) is 11.3 Å². The molecule has 2 aromatic carbocycles. The van der Waals surface area contributed by atoms with Crippen LogP contribution in [0.25, 0.3) is 11.3 Å². The van der Waals surface area contributed by atoms with Crippen molar-refractivity contribution in [1.29, 1.82) is 0 Å². The number of para-hydroxylation sites is 1. The summed E-state index contributed by atoms with van der Waals surface area (Å²) in [6.07, 6.45) is -1.71. The number of fused-ring (bicyclic) bond motifs is 4. The zero-order valence-electron chi connectivity index (χ0n) is 17.3. The third-order valence-electron chi connectivity index (χ3n) is 6.19. The minimum atomic E-state index is -4.73. The Bertz CT molecular complexity index is 1150. The van der Waals surface area contributed by atoms with Crippen molar-refractivity contribution in [2.24, 2.45) is 7.05 Å². The first-order chi connectivity index (χ1) is 15.2. The number of benzene rings is 2. The van der Waals surface area contributed by atoms with E-state index in [1.54, 1.807) is 29.1 Å². The SMILES string of the molecule is Cn1ncc2c1-c1cc(F)ccc1OC21CCN(Cc2ccccc2OC(F)(F)F)CC1. The Hall–Kier alpha value is -3.07. The zero-order valence-corrected chi connectivity index (χ0v) is 17.3. The second-order valence-corrected chi connectivity index (χ2v) is 8.20. The number of hydrogen-bond acceptors (Lipinski definition) is 4. The van der Waals surface area contributed by atoms with Crippen molar-refractivity contribution >= 4 is 0 Å². The molecule has 0 unspecified atom stereocenters. The predicted octanol–water partition coefficient (Wildman–Crippen LogP) is 5.01. The Balaban J connectivity index is 1.37. The van der Waals surface area contributed by atoms with E-state index < -0.39 is 12.0 Å². The Labute approximate surface area is 182 Å². The summed E-state index contributed by atoms with van der Waals surface area (Å²) >= 11 is 0. The summed E-state index contributed by atoms with van der Waals surface area (Å²) in [5, 5.41) is 4.39. The largest absolute Gasteiger partial charge is 0.573 e. The third-order valence-corrected chi connectivity index (χ3v) is 6.19. The van der Waals surface area contributed by atoms with Gasteiger partial charge in [-0.25, -0.2) is 4.39 Å². The van der Waals surface area contributed by atoms with Gasteiger partial charge in [0.05, 0.1) is 11.9 Å². The van der Waals surface area contributed by atoms with E-state index in [0.29, 0.717) is 49.4 Å². The molecule has 1 saturated heterocycles. The van der Waals surface area contributed by atoms with Crippen molar-refractivity contribution in [1.82, 2.24) is 14.7 Å². The third kappa shape index (κ3) is 3.70. The van der Waals surface area contributed by atoms with Crippen LogP contribution in [0.4, 0.5) is 17.6 Å². The first-order valence-electron chi connectivity index (χ1n) is 10.3. The molecule has 1 fully saturated rings. The molecular weight excluding hydrogens is 426 g/mol. The summed E-state index contributed by atoms with van der Waals surface area (Å²) in [6.45, 7) is 1.57. The van der Waals surface area contributed by atoms with E-state index in [9.17, 15) is 17.6 Å². The Kier molecular flexibility index (Phi) is 4.88. The van der Waals surface area contributed by atoms with Gasteiger partial charge in [0, 0.05) is 56.2 Å². The molecule has 0 aliphatic carbocycles. The smallest absolute Gasteiger partial charge is 0.482 e. The van der Waals surface area contributed by atoms with Gasteiger partial charge in [0.2, 0.25) is 0 Å². The molecule has 0 radical (unpaired) electrons. The molecule has 32 heavy (non-hydrogen) atoms. The molecule has 0 amide bonds. The maximum Gasteiger partial charge on any atom is 0.573 e. The first-order valence-corrected chi connectivity index (χ1v) is 10.3. The number of piperidine rings is 1. The second-order valence-electron chi connectivity index (χ2n) is 8.20. The Morgan fingerprint density at radius 2 is 1.88 bits per heavy atom. The second kappa shape index (κ2) is 7.51. The summed E-state index contributed by atoms with van der Waals surface area (Å²) in [6, 6.07) is 10.7. The lowest BCUT2D eigenvalue weighted by Gasteiger charge is -2.44. The number of rotatable bonds is 3. The van der Waals surface area contributed by atoms with E-state index in [1.165, 1.54) is 24.3 Å². The van der Waals surface area contributed by atoms with Gasteiger partial charge < -0.3 is 9.47 Å². The van der Waals surface area contributed by atoms with Gasteiger partial charge in [-0.2, -0.15) is 5.10 Å². The lowest BCUT2D eigenvalue weighted by Crippen LogP contribution is -2.47. The van der Waals surface area contributed by atoms with Crippen LogP contribution in [0.1, 0.15) is 24.0 Å². The van der Waals surface area contributed by atoms with Crippen LogP contribution in [-0.4, -0.2) is 34.1 Å². The fraction of sp³-hybridized carbons (Fsp3) is 0.348. The highest BCUT2D eigenvalue weighted by atomic mass is 19.4. The monoisotopic (exact) mass is 447 g/mol. The fourth-order valence-electron chi connectivity index (χ4n) is 4.68. The summed E-state index contributed by atoms with van der Waals surface area (Å²) in [7, 11) is 1.82. The van der Waals surface area contributed by atoms with Gasteiger partial charge in [-0.1, -0.05) is 18.2 Å². The quantitative estimate of drug-likeness (QED) is 0.530. The molecule has 2 aliphatic heterocycles. The van der Waals surface area contributed by atoms with Gasteiger partial charge in [-0.3, -0.25) is 9.58 Å². The molecule has 2 aliphatic rings. The lowest BCUT2D eigenvalue weighted by molar-refractivity contribution is -0.275. The van der Waals surface area contributed by atoms with Crippen molar-refractivity contribution in [3.63, 3.8) is 0 Å². The lowest BCUT2D eigenvalue weighted by atomic mass is 9.81. The fourth-order valence-corrected chi connectivity index (χ4v) is 4.68. The number of halogens is 4. The Morgan fingerprint density at radius 3 is 2.62 bits per heavy atom. The van der Waals surface area contributed by atoms with Crippen LogP contribution < -0.4 is 9.47 Å². The van der Waals surface area contributed by atoms with Gasteiger partial charge in [0.25, 0.3) is 0 Å². The molecule has 9 heteroatoms. The van der Waals surface area contributed by atoms with Crippen molar-refractivity contribution in [2.45, 2.75) is 31.3 Å². The van der Waals surface area contributed by atoms with E-state index in [1.807, 2.05) is 7.05 Å². The molecule has 1 spiro atoms. The summed E-state index contributed by atoms with van der Waals surface area (Å²) in [5.41, 5.74) is 2.30. The number of hydrogen-bond donors (Lipinski definition) is 0. The molecular formula is C23H21F4N3O2. The highest BCUT2D eigenvalue weighted by Gasteiger charge is 2.45. The van der Waals surface area contributed by atoms with Crippen LogP contribution in [0, 0.1) is 5.82 Å². The number of aromatic nitrogens is 2. The van der Waals surface area contributed by atoms with Crippen LogP contribution in [0.15, 0.2) is 48.7 Å². The number of ether oxygens (including phenoxy) is 2. The van der Waals surface area contributed by atoms with E-state index in [-0.39, 0.29) is 11.6 Å². The number of aryl methyl sites for hydroxylation is 1. The summed E-state index contributed by atoms with van der Waals surface area (Å²) < 4.78 is 64.5. The minimum absolute atomic E-state index is 0.181. The normalized spacial score (nSPS) is 17.5. The van der Waals surface area contributed by atoms with Gasteiger partial charge in [-0.15, -0.1) is 13.2 Å². The number of nitrogens with zero attached hydrogens (tertiary/aromatic N) is 3. The standard InChI is InChI=1S/C23H21F4N3O2/c1-29-21-17-12-16(24)6-7-20(17)31-22(18(21)13-28-29)8-10-30(11-9-22)14-15-4-2-3-5-19(15)32-23(25,26)27/h2-7,12-13H,8-11,14H2,1H3. The van der Waals surface area contributed by atoms with Gasteiger partial charge in [-0.05, 0) is 24.3 Å². The topological polar surface area (TPSA) is 39.5 Å². The first kappa shape index (κ1) is 20.8. The predicted molar refractivity (Wildman–Crippen MR) is 109 cm³/mol. The van der Waals surface area contributed by atoms with Crippen LogP contribution in [0.2, 0.25) is 0 Å². The maximum atomic E-state index is 13.9. The maximum absolute atomic E-state index is 13.9. The van der Waals surface area contributed by atoms with Gasteiger partial charge in [0.1, 0.15) is 22.9 Å². The number of alkyl halides is 3. The van der Waals surface area contributed by atoms with Crippen molar-refractivity contribution in [3.05, 3.63) is 65.6 Å². The molecule has 0 atom stereocenters. The van der Waals surface area contributed by atoms with Crippen LogP contribution in [0.3, 0.4) is 0 Å². The van der Waals surface area contributed by atoms with Crippen LogP contribution in [0.5, 0.6) is 11.5 Å². The van der Waals surface area contributed by atoms with Gasteiger partial charge >= 0.3 is 6.36 Å². The number of likely N-dealkylation sites (tertiary alicyclic amines) is 1. The molecule has 5 rings (SSSR count). The highest BCUT2D eigenvalue weighted by molar-refractivity contribution is 5.73. The average Bonchev–Trinajstić information content (AvgIpc) is 3.14. The van der Waals surface area contributed by atoms with Gasteiger partial charge in [0.15, 0.2) is 0 Å². The van der Waals surface area contributed by atoms with Crippen molar-refractivity contribution in [2.75, 3.05) is 13.1 Å². The highest BCUT2D eigenvalue weighted by Crippen LogP contribution is 2.49. The Morgan fingerprint density at radius 1 is 1.12 bits per heavy atom. The summed E-state index contributed by atoms with van der Waals surface area (Å²) in [4.78, 5) is 2.09. The van der Waals surface area contributed by atoms with Crippen LogP contribution >= 0.6 is 0 Å². The molecule has 3 aromatic rings. The van der Waals surface area contributed by atoms with Crippen LogP contribution in [-0.2, 0) is 19.2 Å². The van der Waals surface area contributed by atoms with E-state index >= 15 is 0 Å². The average molecular weight is 447 g/mol. The zero-order chi connectivity index (χ0) is 22.5. The van der Waals surface area contributed by atoms with E-state index in [2.05, 4.69) is 14.7 Å². The van der Waals surface area contributed by atoms with E-state index in [4.69, 9.17) is 4.74 Å². The molecule has 0 N–H and O–H groups in total.